The fraction of sp³-hybridized carbons (Fsp3) is 0.0667. The summed E-state index contributed by atoms with van der Waals surface area (Å²) < 4.78 is 5.17. The van der Waals surface area contributed by atoms with Crippen molar-refractivity contribution in [2.24, 2.45) is 0 Å². The minimum absolute atomic E-state index is 0.302. The number of aromatic nitrogens is 3. The summed E-state index contributed by atoms with van der Waals surface area (Å²) in [5, 5.41) is 18.6. The molecule has 0 aliphatic carbocycles. The van der Waals surface area contributed by atoms with Gasteiger partial charge in [0.2, 0.25) is 0 Å². The number of hydrogen-bond acceptors (Lipinski definition) is 6. The molecule has 3 rings (SSSR count). The van der Waals surface area contributed by atoms with Crippen molar-refractivity contribution < 1.29 is 9.53 Å². The van der Waals surface area contributed by atoms with E-state index in [1.165, 1.54) is 6.20 Å². The Balaban J connectivity index is 1.78. The molecule has 114 valence electrons. The van der Waals surface area contributed by atoms with Crippen molar-refractivity contribution >= 4 is 22.4 Å². The molecule has 0 aliphatic heterocycles. The van der Waals surface area contributed by atoms with E-state index in [-0.39, 0.29) is 5.91 Å². The van der Waals surface area contributed by atoms with Gasteiger partial charge in [-0.15, -0.1) is 0 Å². The highest BCUT2D eigenvalue weighted by atomic mass is 32.1. The van der Waals surface area contributed by atoms with Gasteiger partial charge in [0.05, 0.1) is 19.0 Å². The van der Waals surface area contributed by atoms with Gasteiger partial charge < -0.3 is 4.74 Å². The van der Waals surface area contributed by atoms with Crippen LogP contribution >= 0.6 is 11.3 Å². The predicted molar refractivity (Wildman–Crippen MR) is 85.4 cm³/mol. The van der Waals surface area contributed by atoms with Crippen LogP contribution in [0, 0.1) is 11.3 Å². The Kier molecular flexibility index (Phi) is 4.03. The number of carbonyl (C=O) groups excluding carboxylic acids is 1. The Morgan fingerprint density at radius 1 is 1.43 bits per heavy atom. The van der Waals surface area contributed by atoms with Crippen LogP contribution in [0.25, 0.3) is 11.3 Å². The summed E-state index contributed by atoms with van der Waals surface area (Å²) in [6, 6.07) is 11.0. The number of benzene rings is 1. The van der Waals surface area contributed by atoms with Gasteiger partial charge in [0.25, 0.3) is 5.91 Å². The summed E-state index contributed by atoms with van der Waals surface area (Å²) in [6.45, 7) is 0. The lowest BCUT2D eigenvalue weighted by Gasteiger charge is -2.01. The lowest BCUT2D eigenvalue weighted by molar-refractivity contribution is 0.102. The standard InChI is InChI=1S/C15H11N5O2S/c1-22-10-4-2-3-9(5-10)12-6-13(20-19-12)14(21)18-15-17-8-11(7-16)23-15/h2-6,8H,1H3,(H,19,20)(H,17,18,21). The number of carbonyl (C=O) groups is 1. The molecule has 1 aromatic carbocycles. The molecule has 23 heavy (non-hydrogen) atoms. The molecule has 0 saturated heterocycles. The minimum Gasteiger partial charge on any atom is -0.497 e. The van der Waals surface area contributed by atoms with Gasteiger partial charge in [-0.2, -0.15) is 10.4 Å². The third kappa shape index (κ3) is 3.20. The van der Waals surface area contributed by atoms with E-state index in [0.29, 0.717) is 27.1 Å². The van der Waals surface area contributed by atoms with Gasteiger partial charge in [-0.25, -0.2) is 4.98 Å². The summed E-state index contributed by atoms with van der Waals surface area (Å²) in [7, 11) is 1.59. The second kappa shape index (κ2) is 6.29. The van der Waals surface area contributed by atoms with E-state index in [4.69, 9.17) is 10.00 Å². The molecule has 2 heterocycles. The molecular weight excluding hydrogens is 314 g/mol. The van der Waals surface area contributed by atoms with Gasteiger partial charge in [-0.1, -0.05) is 23.5 Å². The fourth-order valence-corrected chi connectivity index (χ4v) is 2.52. The van der Waals surface area contributed by atoms with E-state index < -0.39 is 0 Å². The summed E-state index contributed by atoms with van der Waals surface area (Å²) in [6.07, 6.45) is 1.41. The maximum absolute atomic E-state index is 12.2. The first-order valence-corrected chi connectivity index (χ1v) is 7.38. The summed E-state index contributed by atoms with van der Waals surface area (Å²) in [5.74, 6) is 0.341. The van der Waals surface area contributed by atoms with Crippen molar-refractivity contribution in [2.75, 3.05) is 12.4 Å². The van der Waals surface area contributed by atoms with Crippen molar-refractivity contribution in [1.29, 1.82) is 5.26 Å². The molecule has 0 spiro atoms. The highest BCUT2D eigenvalue weighted by Crippen LogP contribution is 2.23. The second-order valence-corrected chi connectivity index (χ2v) is 5.53. The molecule has 0 aliphatic rings. The van der Waals surface area contributed by atoms with Crippen LogP contribution in [0.5, 0.6) is 5.75 Å². The van der Waals surface area contributed by atoms with Crippen molar-refractivity contribution in [3.05, 3.63) is 47.1 Å². The molecule has 0 bridgehead atoms. The highest BCUT2D eigenvalue weighted by molar-refractivity contribution is 7.16. The van der Waals surface area contributed by atoms with Crippen molar-refractivity contribution in [3.63, 3.8) is 0 Å². The number of rotatable bonds is 4. The number of nitrogens with one attached hydrogen (secondary N) is 2. The van der Waals surface area contributed by atoms with Gasteiger partial charge in [-0.05, 0) is 18.2 Å². The Labute approximate surface area is 135 Å². The summed E-state index contributed by atoms with van der Waals surface area (Å²) >= 11 is 1.11. The number of amides is 1. The van der Waals surface area contributed by atoms with Gasteiger partial charge in [-0.3, -0.25) is 15.2 Å². The van der Waals surface area contributed by atoms with Gasteiger partial charge >= 0.3 is 0 Å². The number of H-pyrrole nitrogens is 1. The summed E-state index contributed by atoms with van der Waals surface area (Å²) in [4.78, 5) is 16.5. The second-order valence-electron chi connectivity index (χ2n) is 4.49. The zero-order valence-corrected chi connectivity index (χ0v) is 12.8. The number of anilines is 1. The number of ether oxygens (including phenoxy) is 1. The number of nitrogens with zero attached hydrogens (tertiary/aromatic N) is 3. The number of aromatic amines is 1. The molecule has 0 radical (unpaired) electrons. The quantitative estimate of drug-likeness (QED) is 0.767. The molecule has 3 aromatic rings. The molecule has 8 heteroatoms. The molecule has 2 N–H and O–H groups in total. The highest BCUT2D eigenvalue weighted by Gasteiger charge is 2.13. The maximum Gasteiger partial charge on any atom is 0.275 e. The lowest BCUT2D eigenvalue weighted by atomic mass is 10.1. The molecule has 1 amide bonds. The lowest BCUT2D eigenvalue weighted by Crippen LogP contribution is -2.11. The monoisotopic (exact) mass is 325 g/mol. The van der Waals surface area contributed by atoms with E-state index in [9.17, 15) is 4.79 Å². The molecule has 0 atom stereocenters. The van der Waals surface area contributed by atoms with E-state index in [0.717, 1.165) is 16.9 Å². The average Bonchev–Trinajstić information content (AvgIpc) is 3.24. The Morgan fingerprint density at radius 2 is 2.30 bits per heavy atom. The van der Waals surface area contributed by atoms with Crippen LogP contribution in [0.1, 0.15) is 15.4 Å². The first-order chi connectivity index (χ1) is 11.2. The van der Waals surface area contributed by atoms with Crippen LogP contribution in [0.15, 0.2) is 36.5 Å². The predicted octanol–water partition coefficient (Wildman–Crippen LogP) is 2.67. The van der Waals surface area contributed by atoms with Crippen LogP contribution in [0.4, 0.5) is 5.13 Å². The maximum atomic E-state index is 12.2. The fourth-order valence-electron chi connectivity index (χ4n) is 1.92. The van der Waals surface area contributed by atoms with E-state index in [2.05, 4.69) is 20.5 Å². The van der Waals surface area contributed by atoms with Crippen LogP contribution in [-0.2, 0) is 0 Å². The molecular formula is C15H11N5O2S. The van der Waals surface area contributed by atoms with Gasteiger partial charge in [0, 0.05) is 5.56 Å². The van der Waals surface area contributed by atoms with Crippen LogP contribution in [-0.4, -0.2) is 28.2 Å². The van der Waals surface area contributed by atoms with E-state index in [1.807, 2.05) is 30.3 Å². The topological polar surface area (TPSA) is 104 Å². The largest absolute Gasteiger partial charge is 0.497 e. The third-order valence-corrected chi connectivity index (χ3v) is 3.84. The van der Waals surface area contributed by atoms with Gasteiger partial charge in [0.15, 0.2) is 5.13 Å². The van der Waals surface area contributed by atoms with E-state index in [1.54, 1.807) is 13.2 Å². The summed E-state index contributed by atoms with van der Waals surface area (Å²) in [5.41, 5.74) is 1.77. The Morgan fingerprint density at radius 3 is 3.04 bits per heavy atom. The smallest absolute Gasteiger partial charge is 0.275 e. The van der Waals surface area contributed by atoms with Gasteiger partial charge in [0.1, 0.15) is 22.4 Å². The zero-order valence-electron chi connectivity index (χ0n) is 12.0. The molecule has 7 nitrogen and oxygen atoms in total. The van der Waals surface area contributed by atoms with Crippen LogP contribution < -0.4 is 10.1 Å². The number of nitriles is 1. The molecule has 0 unspecified atom stereocenters. The van der Waals surface area contributed by atoms with Crippen LogP contribution in [0.3, 0.4) is 0 Å². The van der Waals surface area contributed by atoms with E-state index >= 15 is 0 Å². The van der Waals surface area contributed by atoms with Crippen molar-refractivity contribution in [2.45, 2.75) is 0 Å². The average molecular weight is 325 g/mol. The first kappa shape index (κ1) is 14.7. The SMILES string of the molecule is COc1cccc(-c2cc(C(=O)Nc3ncc(C#N)s3)[nH]n2)c1. The van der Waals surface area contributed by atoms with Crippen molar-refractivity contribution in [3.8, 4) is 23.1 Å². The zero-order chi connectivity index (χ0) is 16.2. The molecule has 0 saturated carbocycles. The third-order valence-electron chi connectivity index (χ3n) is 3.02. The number of hydrogen-bond donors (Lipinski definition) is 2. The normalized spacial score (nSPS) is 10.1. The number of thiazole rings is 1. The van der Waals surface area contributed by atoms with Crippen molar-refractivity contribution in [1.82, 2.24) is 15.2 Å². The Bertz CT molecular complexity index is 893. The minimum atomic E-state index is -0.370. The van der Waals surface area contributed by atoms with Crippen LogP contribution in [0.2, 0.25) is 0 Å². The molecule has 2 aromatic heterocycles. The first-order valence-electron chi connectivity index (χ1n) is 6.56. The molecule has 0 fully saturated rings. The number of methoxy groups -OCH3 is 1. The Hall–Kier alpha value is -3.18.